The Kier molecular flexibility index (Phi) is 2.75. The van der Waals surface area contributed by atoms with E-state index in [1.165, 1.54) is 4.57 Å². The van der Waals surface area contributed by atoms with Crippen LogP contribution in [0, 0.1) is 6.92 Å². The zero-order valence-electron chi connectivity index (χ0n) is 7.72. The molecule has 1 N–H and O–H groups in total. The molecule has 0 spiro atoms. The third-order valence-electron chi connectivity index (χ3n) is 1.77. The molecular weight excluding hydrogens is 236 g/mol. The summed E-state index contributed by atoms with van der Waals surface area (Å²) in [7, 11) is 0. The topological polar surface area (TPSA) is 54.9 Å². The Morgan fingerprint density at radius 1 is 1.38 bits per heavy atom. The molecular formula is C8H11BrN2O2. The summed E-state index contributed by atoms with van der Waals surface area (Å²) >= 11 is 3.13. The van der Waals surface area contributed by atoms with Gasteiger partial charge in [-0.05, 0) is 36.7 Å². The number of hydrogen-bond donors (Lipinski definition) is 1. The number of hydrogen-bond acceptors (Lipinski definition) is 2. The van der Waals surface area contributed by atoms with Crippen molar-refractivity contribution in [3.8, 4) is 0 Å². The molecule has 0 aromatic carbocycles. The van der Waals surface area contributed by atoms with Crippen LogP contribution in [0.5, 0.6) is 0 Å². The van der Waals surface area contributed by atoms with Gasteiger partial charge in [-0.3, -0.25) is 9.36 Å². The van der Waals surface area contributed by atoms with Crippen molar-refractivity contribution in [1.82, 2.24) is 9.55 Å². The van der Waals surface area contributed by atoms with Crippen LogP contribution >= 0.6 is 15.9 Å². The first-order chi connectivity index (χ1) is 5.95. The Morgan fingerprint density at radius 2 is 1.92 bits per heavy atom. The Labute approximate surface area is 83.7 Å². The van der Waals surface area contributed by atoms with E-state index in [4.69, 9.17) is 0 Å². The Hall–Kier alpha value is -0.840. The normalized spacial score (nSPS) is 10.8. The van der Waals surface area contributed by atoms with Gasteiger partial charge >= 0.3 is 5.69 Å². The largest absolute Gasteiger partial charge is 0.328 e. The summed E-state index contributed by atoms with van der Waals surface area (Å²) in [5.41, 5.74) is -0.0798. The molecule has 5 heteroatoms. The molecule has 0 aliphatic rings. The van der Waals surface area contributed by atoms with Crippen LogP contribution in [0.15, 0.2) is 14.1 Å². The average molecular weight is 247 g/mol. The Morgan fingerprint density at radius 3 is 2.38 bits per heavy atom. The van der Waals surface area contributed by atoms with Gasteiger partial charge in [0.05, 0.1) is 0 Å². The van der Waals surface area contributed by atoms with Gasteiger partial charge < -0.3 is 4.98 Å². The van der Waals surface area contributed by atoms with Crippen molar-refractivity contribution in [2.45, 2.75) is 26.8 Å². The van der Waals surface area contributed by atoms with Gasteiger partial charge in [0, 0.05) is 11.7 Å². The number of nitrogens with one attached hydrogen (secondary N) is 1. The van der Waals surface area contributed by atoms with Gasteiger partial charge in [0.1, 0.15) is 4.47 Å². The van der Waals surface area contributed by atoms with Crippen LogP contribution in [-0.2, 0) is 0 Å². The van der Waals surface area contributed by atoms with Gasteiger partial charge in [0.25, 0.3) is 5.56 Å². The maximum Gasteiger partial charge on any atom is 0.328 e. The fraction of sp³-hybridized carbons (Fsp3) is 0.500. The Balaban J connectivity index is 3.64. The van der Waals surface area contributed by atoms with Crippen LogP contribution in [0.25, 0.3) is 0 Å². The molecule has 0 fully saturated rings. The summed E-state index contributed by atoms with van der Waals surface area (Å²) in [6.45, 7) is 5.26. The molecule has 0 radical (unpaired) electrons. The van der Waals surface area contributed by atoms with Crippen molar-refractivity contribution in [1.29, 1.82) is 0 Å². The molecule has 0 aliphatic carbocycles. The zero-order valence-corrected chi connectivity index (χ0v) is 9.31. The second-order valence-corrected chi connectivity index (χ2v) is 3.93. The second kappa shape index (κ2) is 3.49. The molecule has 0 saturated heterocycles. The maximum absolute atomic E-state index is 11.5. The number of rotatable bonds is 1. The highest BCUT2D eigenvalue weighted by Crippen LogP contribution is 2.06. The number of halogens is 1. The lowest BCUT2D eigenvalue weighted by Gasteiger charge is -2.09. The SMILES string of the molecule is Cc1[nH]c(=O)n(C(C)C)c(=O)c1Br. The molecule has 72 valence electrons. The van der Waals surface area contributed by atoms with E-state index in [-0.39, 0.29) is 17.3 Å². The second-order valence-electron chi connectivity index (χ2n) is 3.14. The predicted octanol–water partition coefficient (Wildman–Crippen LogP) is 1.19. The first-order valence-corrected chi connectivity index (χ1v) is 4.75. The third kappa shape index (κ3) is 1.75. The van der Waals surface area contributed by atoms with Crippen LogP contribution in [0.3, 0.4) is 0 Å². The van der Waals surface area contributed by atoms with E-state index in [9.17, 15) is 9.59 Å². The monoisotopic (exact) mass is 246 g/mol. The molecule has 0 aliphatic heterocycles. The van der Waals surface area contributed by atoms with Crippen molar-refractivity contribution < 1.29 is 0 Å². The zero-order chi connectivity index (χ0) is 10.2. The third-order valence-corrected chi connectivity index (χ3v) is 2.70. The fourth-order valence-electron chi connectivity index (χ4n) is 1.10. The minimum atomic E-state index is -0.360. The lowest BCUT2D eigenvalue weighted by molar-refractivity contribution is 0.541. The smallest absolute Gasteiger partial charge is 0.310 e. The van der Waals surface area contributed by atoms with Crippen LogP contribution in [0.2, 0.25) is 0 Å². The van der Waals surface area contributed by atoms with Crippen molar-refractivity contribution in [3.63, 3.8) is 0 Å². The average Bonchev–Trinajstić information content (AvgIpc) is 1.99. The van der Waals surface area contributed by atoms with Crippen LogP contribution in [0.4, 0.5) is 0 Å². The first-order valence-electron chi connectivity index (χ1n) is 3.96. The number of nitrogens with zero attached hydrogens (tertiary/aromatic N) is 1. The molecule has 0 amide bonds. The van der Waals surface area contributed by atoms with Crippen molar-refractivity contribution in [3.05, 3.63) is 31.0 Å². The molecule has 1 rings (SSSR count). The van der Waals surface area contributed by atoms with Gasteiger partial charge in [-0.1, -0.05) is 0 Å². The molecule has 0 saturated carbocycles. The molecule has 1 heterocycles. The summed E-state index contributed by atoms with van der Waals surface area (Å²) in [6, 6.07) is -0.131. The number of aromatic amines is 1. The molecule has 0 unspecified atom stereocenters. The summed E-state index contributed by atoms with van der Waals surface area (Å²) in [5.74, 6) is 0. The standard InChI is InChI=1S/C8H11BrN2O2/c1-4(2)11-7(12)6(9)5(3)10-8(11)13/h4H,1-3H3,(H,10,13). The van der Waals surface area contributed by atoms with Gasteiger partial charge in [-0.15, -0.1) is 0 Å². The number of aromatic nitrogens is 2. The highest BCUT2D eigenvalue weighted by atomic mass is 79.9. The van der Waals surface area contributed by atoms with Gasteiger partial charge in [0.2, 0.25) is 0 Å². The molecule has 0 atom stereocenters. The lowest BCUT2D eigenvalue weighted by Crippen LogP contribution is -2.37. The van der Waals surface area contributed by atoms with E-state index in [0.717, 1.165) is 0 Å². The molecule has 0 bridgehead atoms. The molecule has 13 heavy (non-hydrogen) atoms. The lowest BCUT2D eigenvalue weighted by atomic mass is 10.3. The van der Waals surface area contributed by atoms with E-state index in [0.29, 0.717) is 10.2 Å². The van der Waals surface area contributed by atoms with E-state index < -0.39 is 0 Å². The molecule has 4 nitrogen and oxygen atoms in total. The van der Waals surface area contributed by atoms with Crippen molar-refractivity contribution >= 4 is 15.9 Å². The maximum atomic E-state index is 11.5. The highest BCUT2D eigenvalue weighted by molar-refractivity contribution is 9.10. The Bertz CT molecular complexity index is 431. The van der Waals surface area contributed by atoms with Crippen LogP contribution < -0.4 is 11.2 Å². The predicted molar refractivity (Wildman–Crippen MR) is 54.1 cm³/mol. The molecule has 1 aromatic rings. The number of H-pyrrole nitrogens is 1. The highest BCUT2D eigenvalue weighted by Gasteiger charge is 2.10. The summed E-state index contributed by atoms with van der Waals surface area (Å²) in [6.07, 6.45) is 0. The van der Waals surface area contributed by atoms with Gasteiger partial charge in [0.15, 0.2) is 0 Å². The summed E-state index contributed by atoms with van der Waals surface area (Å²) in [4.78, 5) is 25.5. The van der Waals surface area contributed by atoms with Crippen molar-refractivity contribution in [2.24, 2.45) is 0 Å². The first kappa shape index (κ1) is 10.2. The fourth-order valence-corrected chi connectivity index (χ4v) is 1.39. The van der Waals surface area contributed by atoms with Gasteiger partial charge in [-0.25, -0.2) is 4.79 Å². The van der Waals surface area contributed by atoms with E-state index >= 15 is 0 Å². The van der Waals surface area contributed by atoms with Gasteiger partial charge in [-0.2, -0.15) is 0 Å². The summed E-state index contributed by atoms with van der Waals surface area (Å²) < 4.78 is 1.60. The minimum absolute atomic E-state index is 0.131. The van der Waals surface area contributed by atoms with Crippen LogP contribution in [0.1, 0.15) is 25.6 Å². The number of aryl methyl sites for hydroxylation is 1. The van der Waals surface area contributed by atoms with E-state index in [1.807, 2.05) is 0 Å². The van der Waals surface area contributed by atoms with E-state index in [2.05, 4.69) is 20.9 Å². The van der Waals surface area contributed by atoms with E-state index in [1.54, 1.807) is 20.8 Å². The summed E-state index contributed by atoms with van der Waals surface area (Å²) in [5, 5.41) is 0. The van der Waals surface area contributed by atoms with Crippen LogP contribution in [-0.4, -0.2) is 9.55 Å². The quantitative estimate of drug-likeness (QED) is 0.810. The minimum Gasteiger partial charge on any atom is -0.310 e. The molecule has 1 aromatic heterocycles. The van der Waals surface area contributed by atoms with Crippen molar-refractivity contribution in [2.75, 3.05) is 0 Å².